The van der Waals surface area contributed by atoms with Crippen LogP contribution in [0.15, 0.2) is 109 Å². The fourth-order valence-corrected chi connectivity index (χ4v) is 4.85. The van der Waals surface area contributed by atoms with Gasteiger partial charge in [0.05, 0.1) is 6.61 Å². The molecule has 4 aromatic carbocycles. The van der Waals surface area contributed by atoms with Crippen LogP contribution in [0.4, 0.5) is 11.4 Å². The van der Waals surface area contributed by atoms with E-state index in [1.54, 1.807) is 0 Å². The molecule has 212 valence electrons. The number of ether oxygens (including phenoxy) is 1. The molecule has 1 atom stereocenters. The largest absolute Gasteiger partial charge is 0.464 e. The van der Waals surface area contributed by atoms with Crippen LogP contribution in [0.5, 0.6) is 0 Å². The maximum atomic E-state index is 13.1. The molecule has 0 bridgehead atoms. The Bertz CT molecular complexity index is 1390. The number of esters is 1. The lowest BCUT2D eigenvalue weighted by molar-refractivity contribution is -0.150. The van der Waals surface area contributed by atoms with Gasteiger partial charge >= 0.3 is 5.97 Å². The quantitative estimate of drug-likeness (QED) is 0.181. The first-order valence-electron chi connectivity index (χ1n) is 14.2. The second-order valence-electron chi connectivity index (χ2n) is 10.1. The summed E-state index contributed by atoms with van der Waals surface area (Å²) in [6.07, 6.45) is 1.66. The molecule has 1 N–H and O–H groups in total. The molecule has 1 amide bonds. The lowest BCUT2D eigenvalue weighted by atomic mass is 9.99. The summed E-state index contributed by atoms with van der Waals surface area (Å²) < 4.78 is 5.50. The Balaban J connectivity index is 1.33. The molecule has 6 heteroatoms. The summed E-state index contributed by atoms with van der Waals surface area (Å²) in [7, 11) is 4.02. The van der Waals surface area contributed by atoms with Gasteiger partial charge in [-0.2, -0.15) is 0 Å². The normalized spacial score (nSPS) is 11.6. The highest BCUT2D eigenvalue weighted by atomic mass is 16.5. The van der Waals surface area contributed by atoms with Gasteiger partial charge in [0.1, 0.15) is 6.04 Å². The molecule has 41 heavy (non-hydrogen) atoms. The van der Waals surface area contributed by atoms with Gasteiger partial charge in [0.2, 0.25) is 0 Å². The Morgan fingerprint density at radius 1 is 0.780 bits per heavy atom. The molecule has 4 aromatic rings. The highest BCUT2D eigenvalue weighted by Gasteiger charge is 2.26. The van der Waals surface area contributed by atoms with Gasteiger partial charge in [0, 0.05) is 37.1 Å². The molecule has 0 aromatic heterocycles. The zero-order valence-corrected chi connectivity index (χ0v) is 24.1. The molecule has 0 aliphatic heterocycles. The minimum atomic E-state index is -0.428. The van der Waals surface area contributed by atoms with E-state index in [0.717, 1.165) is 54.0 Å². The maximum absolute atomic E-state index is 13.1. The minimum Gasteiger partial charge on any atom is -0.464 e. The van der Waals surface area contributed by atoms with Crippen molar-refractivity contribution in [3.8, 4) is 11.1 Å². The number of benzene rings is 4. The number of hydrogen-bond acceptors (Lipinski definition) is 5. The lowest BCUT2D eigenvalue weighted by Crippen LogP contribution is -2.34. The Kier molecular flexibility index (Phi) is 10.7. The fraction of sp³-hybridized carbons (Fsp3) is 0.257. The van der Waals surface area contributed by atoms with E-state index >= 15 is 0 Å². The van der Waals surface area contributed by atoms with Crippen molar-refractivity contribution in [3.63, 3.8) is 0 Å². The van der Waals surface area contributed by atoms with Crippen LogP contribution in [0, 0.1) is 0 Å². The van der Waals surface area contributed by atoms with Gasteiger partial charge < -0.3 is 15.0 Å². The van der Waals surface area contributed by atoms with Crippen molar-refractivity contribution in [2.45, 2.75) is 25.8 Å². The highest BCUT2D eigenvalue weighted by Crippen LogP contribution is 2.25. The van der Waals surface area contributed by atoms with Gasteiger partial charge in [-0.3, -0.25) is 9.69 Å². The van der Waals surface area contributed by atoms with Crippen molar-refractivity contribution in [3.05, 3.63) is 120 Å². The van der Waals surface area contributed by atoms with E-state index in [-0.39, 0.29) is 11.9 Å². The van der Waals surface area contributed by atoms with Gasteiger partial charge in [-0.1, -0.05) is 85.8 Å². The average molecular weight is 550 g/mol. The summed E-state index contributed by atoms with van der Waals surface area (Å²) in [6, 6.07) is 34.8. The maximum Gasteiger partial charge on any atom is 0.327 e. The summed E-state index contributed by atoms with van der Waals surface area (Å²) >= 11 is 0. The van der Waals surface area contributed by atoms with Crippen molar-refractivity contribution in [2.75, 3.05) is 44.0 Å². The van der Waals surface area contributed by atoms with Crippen LogP contribution in [-0.2, 0) is 9.53 Å². The smallest absolute Gasteiger partial charge is 0.327 e. The predicted molar refractivity (Wildman–Crippen MR) is 167 cm³/mol. The van der Waals surface area contributed by atoms with E-state index in [2.05, 4.69) is 15.1 Å². The number of nitrogens with zero attached hydrogens (tertiary/aromatic N) is 2. The SMILES string of the molecule is CCCOC(=O)C(c1ccccc1)N(C)CCCN(C)c1ccc(NC(=O)c2ccccc2-c2ccccc2)cc1. The number of rotatable bonds is 13. The van der Waals surface area contributed by atoms with E-state index in [4.69, 9.17) is 4.74 Å². The number of hydrogen-bond donors (Lipinski definition) is 1. The summed E-state index contributed by atoms with van der Waals surface area (Å²) in [5, 5.41) is 3.04. The first-order valence-corrected chi connectivity index (χ1v) is 14.2. The molecule has 4 rings (SSSR count). The zero-order chi connectivity index (χ0) is 29.0. The number of carbonyl (C=O) groups is 2. The third-order valence-corrected chi connectivity index (χ3v) is 7.05. The molecule has 0 radical (unpaired) electrons. The van der Waals surface area contributed by atoms with Crippen LogP contribution >= 0.6 is 0 Å². The number of anilines is 2. The average Bonchev–Trinajstić information content (AvgIpc) is 3.01. The van der Waals surface area contributed by atoms with Crippen LogP contribution in [-0.4, -0.2) is 50.6 Å². The van der Waals surface area contributed by atoms with Gasteiger partial charge in [0.15, 0.2) is 0 Å². The number of likely N-dealkylation sites (N-methyl/N-ethyl adjacent to an activating group) is 1. The molecular formula is C35H39N3O3. The second kappa shape index (κ2) is 14.8. The van der Waals surface area contributed by atoms with E-state index in [0.29, 0.717) is 12.2 Å². The van der Waals surface area contributed by atoms with Crippen LogP contribution in [0.3, 0.4) is 0 Å². The highest BCUT2D eigenvalue weighted by molar-refractivity contribution is 6.08. The number of amides is 1. The monoisotopic (exact) mass is 549 g/mol. The van der Waals surface area contributed by atoms with Crippen LogP contribution in [0.1, 0.15) is 41.7 Å². The molecular weight excluding hydrogens is 510 g/mol. The third-order valence-electron chi connectivity index (χ3n) is 7.05. The Morgan fingerprint density at radius 3 is 2.10 bits per heavy atom. The molecule has 0 aliphatic rings. The van der Waals surface area contributed by atoms with Gasteiger partial charge in [-0.15, -0.1) is 0 Å². The molecule has 0 saturated heterocycles. The topological polar surface area (TPSA) is 61.9 Å². The molecule has 6 nitrogen and oxygen atoms in total. The van der Waals surface area contributed by atoms with Crippen molar-refractivity contribution >= 4 is 23.3 Å². The molecule has 0 spiro atoms. The predicted octanol–water partition coefficient (Wildman–Crippen LogP) is 7.06. The Morgan fingerprint density at radius 2 is 1.41 bits per heavy atom. The molecule has 0 aliphatic carbocycles. The molecule has 0 heterocycles. The zero-order valence-electron chi connectivity index (χ0n) is 24.1. The standard InChI is InChI=1S/C35H39N3O3/c1-4-26-41-35(40)33(28-16-9-6-10-17-28)38(3)25-13-24-37(2)30-22-20-29(21-23-30)36-34(39)32-19-12-11-18-31(32)27-14-7-5-8-15-27/h5-12,14-23,33H,4,13,24-26H2,1-3H3,(H,36,39). The van der Waals surface area contributed by atoms with Crippen LogP contribution in [0.25, 0.3) is 11.1 Å². The fourth-order valence-electron chi connectivity index (χ4n) is 4.85. The van der Waals surface area contributed by atoms with Crippen molar-refractivity contribution in [2.24, 2.45) is 0 Å². The number of carbonyl (C=O) groups excluding carboxylic acids is 2. The third kappa shape index (κ3) is 8.05. The molecule has 0 saturated carbocycles. The molecule has 1 unspecified atom stereocenters. The first-order chi connectivity index (χ1) is 20.0. The van der Waals surface area contributed by atoms with Gasteiger partial charge in [-0.05, 0) is 66.9 Å². The van der Waals surface area contributed by atoms with Crippen LogP contribution < -0.4 is 10.2 Å². The molecule has 0 fully saturated rings. The Hall–Kier alpha value is -4.42. The Labute approximate surface area is 243 Å². The minimum absolute atomic E-state index is 0.140. The van der Waals surface area contributed by atoms with E-state index in [9.17, 15) is 9.59 Å². The van der Waals surface area contributed by atoms with Crippen LogP contribution in [0.2, 0.25) is 0 Å². The lowest BCUT2D eigenvalue weighted by Gasteiger charge is -2.28. The van der Waals surface area contributed by atoms with E-state index in [1.807, 2.05) is 130 Å². The van der Waals surface area contributed by atoms with Gasteiger partial charge in [-0.25, -0.2) is 4.79 Å². The van der Waals surface area contributed by atoms with E-state index in [1.165, 1.54) is 0 Å². The summed E-state index contributed by atoms with van der Waals surface area (Å²) in [6.45, 7) is 3.97. The van der Waals surface area contributed by atoms with E-state index < -0.39 is 6.04 Å². The van der Waals surface area contributed by atoms with Crippen molar-refractivity contribution in [1.82, 2.24) is 4.90 Å². The van der Waals surface area contributed by atoms with Crippen molar-refractivity contribution < 1.29 is 14.3 Å². The second-order valence-corrected chi connectivity index (χ2v) is 10.1. The summed E-state index contributed by atoms with van der Waals surface area (Å²) in [4.78, 5) is 30.2. The van der Waals surface area contributed by atoms with Gasteiger partial charge in [0.25, 0.3) is 5.91 Å². The summed E-state index contributed by atoms with van der Waals surface area (Å²) in [5.41, 5.74) is 5.28. The van der Waals surface area contributed by atoms with Crippen molar-refractivity contribution in [1.29, 1.82) is 0 Å². The summed E-state index contributed by atoms with van der Waals surface area (Å²) in [5.74, 6) is -0.350. The number of nitrogens with one attached hydrogen (secondary N) is 1. The first kappa shape index (κ1) is 29.6.